The van der Waals surface area contributed by atoms with Gasteiger partial charge in [0.05, 0.1) is 22.3 Å². The monoisotopic (exact) mass is 313 g/mol. The maximum atomic E-state index is 12.5. The zero-order chi connectivity index (χ0) is 13.3. The van der Waals surface area contributed by atoms with Gasteiger partial charge in [0.25, 0.3) is 0 Å². The van der Waals surface area contributed by atoms with Crippen LogP contribution in [-0.4, -0.2) is 22.1 Å². The van der Waals surface area contributed by atoms with Crippen LogP contribution >= 0.6 is 15.9 Å². The molecule has 100 valence electrons. The third-order valence-electron chi connectivity index (χ3n) is 4.13. The molecule has 1 fully saturated rings. The van der Waals surface area contributed by atoms with Gasteiger partial charge in [0.1, 0.15) is 5.78 Å². The minimum absolute atomic E-state index is 0.270. The van der Waals surface area contributed by atoms with Crippen molar-refractivity contribution in [1.82, 2.24) is 9.78 Å². The Hall–Kier alpha value is -0.680. The van der Waals surface area contributed by atoms with E-state index in [1.807, 2.05) is 14.0 Å². The van der Waals surface area contributed by atoms with Crippen molar-refractivity contribution in [2.75, 3.05) is 6.54 Å². The van der Waals surface area contributed by atoms with Gasteiger partial charge in [-0.2, -0.15) is 5.10 Å². The number of Topliss-reactive ketones (excluding diaryl/α,β-unsaturated/α-hetero) is 1. The highest BCUT2D eigenvalue weighted by molar-refractivity contribution is 9.10. The van der Waals surface area contributed by atoms with Crippen molar-refractivity contribution < 1.29 is 4.79 Å². The number of nitrogens with zero attached hydrogens (tertiary/aromatic N) is 2. The second-order valence-electron chi connectivity index (χ2n) is 5.26. The average molecular weight is 314 g/mol. The molecule has 2 N–H and O–H groups in total. The van der Waals surface area contributed by atoms with Gasteiger partial charge in [0.15, 0.2) is 0 Å². The molecule has 0 bridgehead atoms. The number of carbonyl (C=O) groups is 1. The summed E-state index contributed by atoms with van der Waals surface area (Å²) in [5.74, 6) is 0.270. The zero-order valence-corrected chi connectivity index (χ0v) is 12.6. The van der Waals surface area contributed by atoms with Gasteiger partial charge in [-0.25, -0.2) is 0 Å². The Morgan fingerprint density at radius 2 is 2.11 bits per heavy atom. The average Bonchev–Trinajstić information content (AvgIpc) is 2.91. The minimum atomic E-state index is -0.280. The van der Waals surface area contributed by atoms with E-state index in [4.69, 9.17) is 5.73 Å². The van der Waals surface area contributed by atoms with Gasteiger partial charge >= 0.3 is 0 Å². The molecule has 4 nitrogen and oxygen atoms in total. The summed E-state index contributed by atoms with van der Waals surface area (Å²) in [5, 5.41) is 4.33. The van der Waals surface area contributed by atoms with Crippen molar-refractivity contribution in [1.29, 1.82) is 0 Å². The first kappa shape index (κ1) is 13.7. The van der Waals surface area contributed by atoms with Gasteiger partial charge in [-0.15, -0.1) is 0 Å². The van der Waals surface area contributed by atoms with Gasteiger partial charge in [-0.1, -0.05) is 12.8 Å². The van der Waals surface area contributed by atoms with Crippen molar-refractivity contribution in [3.8, 4) is 0 Å². The van der Waals surface area contributed by atoms with Crippen LogP contribution in [0.25, 0.3) is 0 Å². The summed E-state index contributed by atoms with van der Waals surface area (Å²) < 4.78 is 2.74. The Labute approximate surface area is 116 Å². The maximum Gasteiger partial charge on any atom is 0.146 e. The number of aromatic nitrogens is 2. The minimum Gasteiger partial charge on any atom is -0.329 e. The largest absolute Gasteiger partial charge is 0.329 e. The summed E-state index contributed by atoms with van der Waals surface area (Å²) in [7, 11) is 1.88. The molecular formula is C13H20BrN3O. The SMILES string of the molecule is Cc1nn(C)c(CC(=O)C2(CN)CCCC2)c1Br. The fraction of sp³-hybridized carbons (Fsp3) is 0.692. The smallest absolute Gasteiger partial charge is 0.146 e. The van der Waals surface area contributed by atoms with E-state index in [1.165, 1.54) is 0 Å². The summed E-state index contributed by atoms with van der Waals surface area (Å²) in [6.45, 7) is 2.41. The van der Waals surface area contributed by atoms with Gasteiger partial charge in [0, 0.05) is 19.0 Å². The summed E-state index contributed by atoms with van der Waals surface area (Å²) in [5.41, 5.74) is 7.45. The van der Waals surface area contributed by atoms with E-state index in [9.17, 15) is 4.79 Å². The standard InChI is InChI=1S/C13H20BrN3O/c1-9-12(14)10(17(2)16-9)7-11(18)13(8-15)5-3-4-6-13/h3-8,15H2,1-2H3. The summed E-state index contributed by atoms with van der Waals surface area (Å²) in [6, 6.07) is 0. The molecule has 1 aromatic rings. The Bertz CT molecular complexity index is 461. The topological polar surface area (TPSA) is 60.9 Å². The highest BCUT2D eigenvalue weighted by Crippen LogP contribution is 2.39. The molecule has 0 atom stereocenters. The van der Waals surface area contributed by atoms with E-state index in [0.29, 0.717) is 13.0 Å². The molecule has 0 radical (unpaired) electrons. The molecule has 1 aliphatic rings. The molecule has 18 heavy (non-hydrogen) atoms. The van der Waals surface area contributed by atoms with Crippen LogP contribution in [0.5, 0.6) is 0 Å². The lowest BCUT2D eigenvalue weighted by Crippen LogP contribution is -2.37. The van der Waals surface area contributed by atoms with Gasteiger partial charge in [-0.3, -0.25) is 9.48 Å². The second-order valence-corrected chi connectivity index (χ2v) is 6.05. The fourth-order valence-corrected chi connectivity index (χ4v) is 3.34. The molecule has 0 aliphatic heterocycles. The van der Waals surface area contributed by atoms with Crippen LogP contribution in [0.1, 0.15) is 37.1 Å². The molecule has 5 heteroatoms. The van der Waals surface area contributed by atoms with E-state index in [2.05, 4.69) is 21.0 Å². The summed E-state index contributed by atoms with van der Waals surface area (Å²) in [4.78, 5) is 12.5. The third-order valence-corrected chi connectivity index (χ3v) is 5.16. The molecule has 1 aliphatic carbocycles. The van der Waals surface area contributed by atoms with Crippen molar-refractivity contribution in [2.45, 2.75) is 39.0 Å². The maximum absolute atomic E-state index is 12.5. The number of aryl methyl sites for hydroxylation is 2. The van der Waals surface area contributed by atoms with E-state index in [-0.39, 0.29) is 11.2 Å². The Morgan fingerprint density at radius 1 is 1.50 bits per heavy atom. The molecule has 2 rings (SSSR count). The number of halogens is 1. The number of nitrogens with two attached hydrogens (primary N) is 1. The summed E-state index contributed by atoms with van der Waals surface area (Å²) >= 11 is 3.51. The van der Waals surface area contributed by atoms with E-state index < -0.39 is 0 Å². The van der Waals surface area contributed by atoms with Crippen molar-refractivity contribution in [3.63, 3.8) is 0 Å². The fourth-order valence-electron chi connectivity index (χ4n) is 2.86. The predicted molar refractivity (Wildman–Crippen MR) is 74.3 cm³/mol. The van der Waals surface area contributed by atoms with Crippen LogP contribution in [0.4, 0.5) is 0 Å². The number of rotatable bonds is 4. The molecule has 0 amide bonds. The molecule has 1 heterocycles. The normalized spacial score (nSPS) is 18.2. The van der Waals surface area contributed by atoms with Gasteiger partial charge in [-0.05, 0) is 35.7 Å². The third kappa shape index (κ3) is 2.26. The first-order valence-electron chi connectivity index (χ1n) is 6.41. The van der Waals surface area contributed by atoms with Crippen LogP contribution in [0.2, 0.25) is 0 Å². The van der Waals surface area contributed by atoms with Crippen LogP contribution in [-0.2, 0) is 18.3 Å². The highest BCUT2D eigenvalue weighted by atomic mass is 79.9. The molecule has 0 aromatic carbocycles. The Kier molecular flexibility index (Phi) is 3.92. The Balaban J connectivity index is 2.21. The first-order chi connectivity index (χ1) is 8.50. The number of hydrogen-bond donors (Lipinski definition) is 1. The van der Waals surface area contributed by atoms with Gasteiger partial charge in [0.2, 0.25) is 0 Å². The quantitative estimate of drug-likeness (QED) is 0.926. The molecule has 1 aromatic heterocycles. The predicted octanol–water partition coefficient (Wildman–Crippen LogP) is 2.12. The van der Waals surface area contributed by atoms with Crippen LogP contribution < -0.4 is 5.73 Å². The lowest BCUT2D eigenvalue weighted by Gasteiger charge is -2.25. The highest BCUT2D eigenvalue weighted by Gasteiger charge is 2.39. The van der Waals surface area contributed by atoms with Gasteiger partial charge < -0.3 is 5.73 Å². The van der Waals surface area contributed by atoms with Crippen LogP contribution in [0.15, 0.2) is 4.47 Å². The number of ketones is 1. The first-order valence-corrected chi connectivity index (χ1v) is 7.21. The lowest BCUT2D eigenvalue weighted by atomic mass is 9.80. The number of carbonyl (C=O) groups excluding carboxylic acids is 1. The lowest BCUT2D eigenvalue weighted by molar-refractivity contribution is -0.127. The molecule has 0 saturated heterocycles. The number of hydrogen-bond acceptors (Lipinski definition) is 3. The van der Waals surface area contributed by atoms with Crippen LogP contribution in [0.3, 0.4) is 0 Å². The molecule has 0 spiro atoms. The van der Waals surface area contributed by atoms with E-state index >= 15 is 0 Å². The van der Waals surface area contributed by atoms with E-state index in [0.717, 1.165) is 41.5 Å². The zero-order valence-electron chi connectivity index (χ0n) is 11.0. The molecule has 0 unspecified atom stereocenters. The molecule has 1 saturated carbocycles. The second kappa shape index (κ2) is 5.13. The summed E-state index contributed by atoms with van der Waals surface area (Å²) in [6.07, 6.45) is 4.55. The van der Waals surface area contributed by atoms with Crippen LogP contribution in [0, 0.1) is 12.3 Å². The Morgan fingerprint density at radius 3 is 2.56 bits per heavy atom. The van der Waals surface area contributed by atoms with Crippen molar-refractivity contribution in [2.24, 2.45) is 18.2 Å². The van der Waals surface area contributed by atoms with Crippen molar-refractivity contribution >= 4 is 21.7 Å². The molecular weight excluding hydrogens is 294 g/mol. The van der Waals surface area contributed by atoms with Crippen molar-refractivity contribution in [3.05, 3.63) is 15.9 Å². The van der Waals surface area contributed by atoms with E-state index in [1.54, 1.807) is 4.68 Å².